The largest absolute Gasteiger partial charge is 0.385 e. The van der Waals surface area contributed by atoms with Gasteiger partial charge in [-0.25, -0.2) is 0 Å². The minimum absolute atomic E-state index is 0.00502. The third-order valence-corrected chi connectivity index (χ3v) is 7.27. The van der Waals surface area contributed by atoms with E-state index in [1.165, 1.54) is 0 Å². The maximum atomic E-state index is 13.4. The topological polar surface area (TPSA) is 52.6 Å². The fraction of sp³-hybridized carbons (Fsp3) is 0.321. The number of hydrogen-bond donors (Lipinski definition) is 2. The van der Waals surface area contributed by atoms with E-state index in [0.717, 1.165) is 36.3 Å². The number of amides is 1. The van der Waals surface area contributed by atoms with Crippen LogP contribution in [0, 0.1) is 0 Å². The van der Waals surface area contributed by atoms with E-state index in [0.29, 0.717) is 24.3 Å². The molecule has 1 aliphatic rings. The number of aliphatic hydroxyl groups is 1. The number of rotatable bonds is 7. The van der Waals surface area contributed by atoms with Crippen LogP contribution in [0.5, 0.6) is 0 Å². The average Bonchev–Trinajstić information content (AvgIpc) is 2.87. The highest BCUT2D eigenvalue weighted by Gasteiger charge is 2.42. The molecule has 172 valence electrons. The monoisotopic (exact) mass is 461 g/mol. The molecule has 2 N–H and O–H groups in total. The standard InChI is InChI=1S/C28H31ClN2O2/c1-30-26(32)28(23-8-4-2-5-9-23,24-10-6-3-7-11-24)18-21-31-19-16-27(33,17-20-31)22-12-14-25(29)15-13-22/h2-15,33H,16-21H2,1H3,(H,30,32)/i1-1. The number of likely N-dealkylation sites (N-methyl/N-ethyl adjacent to an activating group) is 1. The Kier molecular flexibility index (Phi) is 7.18. The first-order chi connectivity index (χ1) is 16.0. The van der Waals surface area contributed by atoms with Crippen LogP contribution in [0.3, 0.4) is 0 Å². The van der Waals surface area contributed by atoms with Gasteiger partial charge in [0.25, 0.3) is 0 Å². The second-order valence-corrected chi connectivity index (χ2v) is 9.28. The van der Waals surface area contributed by atoms with Crippen LogP contribution in [0.4, 0.5) is 0 Å². The van der Waals surface area contributed by atoms with Gasteiger partial charge in [0, 0.05) is 25.2 Å². The van der Waals surface area contributed by atoms with E-state index in [-0.39, 0.29) is 5.91 Å². The molecule has 0 unspecified atom stereocenters. The van der Waals surface area contributed by atoms with E-state index in [2.05, 4.69) is 10.2 Å². The maximum absolute atomic E-state index is 13.4. The van der Waals surface area contributed by atoms with Gasteiger partial charge in [0.1, 0.15) is 5.41 Å². The molecule has 0 saturated carbocycles. The number of nitrogens with zero attached hydrogens (tertiary/aromatic N) is 1. The second-order valence-electron chi connectivity index (χ2n) is 8.85. The van der Waals surface area contributed by atoms with Crippen LogP contribution >= 0.6 is 11.6 Å². The number of likely N-dealkylation sites (tertiary alicyclic amines) is 1. The van der Waals surface area contributed by atoms with E-state index in [1.54, 1.807) is 7.05 Å². The van der Waals surface area contributed by atoms with Gasteiger partial charge in [-0.05, 0) is 54.6 Å². The first-order valence-corrected chi connectivity index (χ1v) is 11.9. The predicted molar refractivity (Wildman–Crippen MR) is 133 cm³/mol. The molecule has 1 saturated heterocycles. The highest BCUT2D eigenvalue weighted by Crippen LogP contribution is 2.38. The Hall–Kier alpha value is -2.66. The molecule has 3 aromatic rings. The Morgan fingerprint density at radius 3 is 1.94 bits per heavy atom. The van der Waals surface area contributed by atoms with Crippen molar-refractivity contribution in [2.24, 2.45) is 0 Å². The van der Waals surface area contributed by atoms with Crippen molar-refractivity contribution in [1.29, 1.82) is 0 Å². The van der Waals surface area contributed by atoms with Crippen LogP contribution in [-0.4, -0.2) is 42.6 Å². The first kappa shape index (κ1) is 23.5. The molecule has 5 heteroatoms. The van der Waals surface area contributed by atoms with E-state index >= 15 is 0 Å². The zero-order chi connectivity index (χ0) is 23.3. The van der Waals surface area contributed by atoms with Crippen LogP contribution in [0.15, 0.2) is 84.9 Å². The molecule has 0 atom stereocenters. The van der Waals surface area contributed by atoms with E-state index in [1.807, 2.05) is 84.9 Å². The van der Waals surface area contributed by atoms with Gasteiger partial charge in [-0.15, -0.1) is 0 Å². The highest BCUT2D eigenvalue weighted by molar-refractivity contribution is 6.30. The lowest BCUT2D eigenvalue weighted by atomic mass is 9.70. The van der Waals surface area contributed by atoms with Crippen molar-refractivity contribution in [3.05, 3.63) is 107 Å². The summed E-state index contributed by atoms with van der Waals surface area (Å²) in [6.07, 6.45) is 1.95. The summed E-state index contributed by atoms with van der Waals surface area (Å²) < 4.78 is 0. The lowest BCUT2D eigenvalue weighted by Crippen LogP contribution is -2.48. The molecular formula is C28H31ClN2O2. The van der Waals surface area contributed by atoms with Gasteiger partial charge >= 0.3 is 0 Å². The molecule has 0 bridgehead atoms. The van der Waals surface area contributed by atoms with Gasteiger partial charge in [-0.2, -0.15) is 0 Å². The number of halogens is 1. The molecule has 0 spiro atoms. The van der Waals surface area contributed by atoms with Gasteiger partial charge in [0.2, 0.25) is 5.91 Å². The second kappa shape index (κ2) is 10.1. The predicted octanol–water partition coefficient (Wildman–Crippen LogP) is 4.75. The normalized spacial score (nSPS) is 16.3. The Balaban J connectivity index is 1.55. The van der Waals surface area contributed by atoms with Crippen molar-refractivity contribution in [1.82, 2.24) is 10.2 Å². The third kappa shape index (κ3) is 4.84. The fourth-order valence-corrected chi connectivity index (χ4v) is 5.14. The maximum Gasteiger partial charge on any atom is 0.234 e. The molecule has 33 heavy (non-hydrogen) atoms. The van der Waals surface area contributed by atoms with E-state index in [9.17, 15) is 9.90 Å². The Labute approximate surface area is 201 Å². The highest BCUT2D eigenvalue weighted by atomic mass is 35.5. The van der Waals surface area contributed by atoms with Crippen molar-refractivity contribution in [3.63, 3.8) is 0 Å². The van der Waals surface area contributed by atoms with Gasteiger partial charge in [-0.1, -0.05) is 84.4 Å². The molecule has 0 aromatic heterocycles. The summed E-state index contributed by atoms with van der Waals surface area (Å²) in [6.45, 7) is 2.30. The van der Waals surface area contributed by atoms with Gasteiger partial charge in [-0.3, -0.25) is 4.79 Å². The Morgan fingerprint density at radius 2 is 1.45 bits per heavy atom. The molecule has 1 fully saturated rings. The first-order valence-electron chi connectivity index (χ1n) is 11.5. The zero-order valence-corrected chi connectivity index (χ0v) is 19.8. The van der Waals surface area contributed by atoms with Crippen LogP contribution in [0.2, 0.25) is 5.02 Å². The average molecular weight is 462 g/mol. The van der Waals surface area contributed by atoms with Crippen molar-refractivity contribution in [2.75, 3.05) is 26.7 Å². The van der Waals surface area contributed by atoms with Crippen molar-refractivity contribution < 1.29 is 9.90 Å². The van der Waals surface area contributed by atoms with E-state index in [4.69, 9.17) is 11.6 Å². The number of carbonyl (C=O) groups is 1. The summed E-state index contributed by atoms with van der Waals surface area (Å²) in [6, 6.07) is 27.6. The van der Waals surface area contributed by atoms with Crippen LogP contribution in [0.1, 0.15) is 36.0 Å². The van der Waals surface area contributed by atoms with E-state index < -0.39 is 11.0 Å². The summed E-state index contributed by atoms with van der Waals surface area (Å²) in [4.78, 5) is 15.8. The van der Waals surface area contributed by atoms with Crippen LogP contribution in [0.25, 0.3) is 0 Å². The summed E-state index contributed by atoms with van der Waals surface area (Å²) in [5.74, 6) is -0.00502. The molecule has 1 aliphatic heterocycles. The Morgan fingerprint density at radius 1 is 0.939 bits per heavy atom. The zero-order valence-electron chi connectivity index (χ0n) is 19.0. The summed E-state index contributed by atoms with van der Waals surface area (Å²) in [5.41, 5.74) is 1.29. The lowest BCUT2D eigenvalue weighted by molar-refractivity contribution is -0.125. The van der Waals surface area contributed by atoms with Gasteiger partial charge < -0.3 is 15.3 Å². The summed E-state index contributed by atoms with van der Waals surface area (Å²) >= 11 is 6.02. The minimum Gasteiger partial charge on any atom is -0.385 e. The smallest absolute Gasteiger partial charge is 0.234 e. The fourth-order valence-electron chi connectivity index (χ4n) is 5.01. The molecule has 0 aliphatic carbocycles. The molecule has 3 aromatic carbocycles. The number of benzene rings is 3. The van der Waals surface area contributed by atoms with Crippen LogP contribution in [-0.2, 0) is 15.8 Å². The molecule has 4 rings (SSSR count). The molecule has 1 amide bonds. The SMILES string of the molecule is [11CH3]NC(=O)C(CCN1CCC(O)(c2ccc(Cl)cc2)CC1)(c1ccccc1)c1ccccc1. The number of nitrogens with one attached hydrogen (secondary N) is 1. The molecule has 0 radical (unpaired) electrons. The lowest BCUT2D eigenvalue weighted by Gasteiger charge is -2.40. The van der Waals surface area contributed by atoms with Gasteiger partial charge in [0.15, 0.2) is 0 Å². The van der Waals surface area contributed by atoms with Crippen LogP contribution < -0.4 is 5.32 Å². The van der Waals surface area contributed by atoms with Crippen molar-refractivity contribution in [2.45, 2.75) is 30.3 Å². The number of piperidine rings is 1. The van der Waals surface area contributed by atoms with Gasteiger partial charge in [0.05, 0.1) is 5.60 Å². The molecular weight excluding hydrogens is 431 g/mol. The quantitative estimate of drug-likeness (QED) is 0.534. The third-order valence-electron chi connectivity index (χ3n) is 7.02. The summed E-state index contributed by atoms with van der Waals surface area (Å²) in [7, 11) is 1.70. The van der Waals surface area contributed by atoms with Crippen molar-refractivity contribution >= 4 is 17.5 Å². The molecule has 1 heterocycles. The number of carbonyl (C=O) groups excluding carboxylic acids is 1. The van der Waals surface area contributed by atoms with Crippen molar-refractivity contribution in [3.8, 4) is 0 Å². The Bertz CT molecular complexity index is 1010. The number of hydrogen-bond acceptors (Lipinski definition) is 3. The summed E-state index contributed by atoms with van der Waals surface area (Å²) in [5, 5.41) is 14.8. The molecule has 4 nitrogen and oxygen atoms in total. The minimum atomic E-state index is -0.835.